The van der Waals surface area contributed by atoms with Crippen LogP contribution in [0.25, 0.3) is 0 Å². The van der Waals surface area contributed by atoms with Crippen molar-refractivity contribution in [1.82, 2.24) is 5.32 Å². The van der Waals surface area contributed by atoms with Gasteiger partial charge >= 0.3 is 0 Å². The molecule has 0 aliphatic heterocycles. The van der Waals surface area contributed by atoms with Crippen molar-refractivity contribution in [2.24, 2.45) is 0 Å². The van der Waals surface area contributed by atoms with E-state index >= 15 is 0 Å². The number of aliphatic hydroxyl groups excluding tert-OH is 1. The van der Waals surface area contributed by atoms with Gasteiger partial charge < -0.3 is 10.4 Å². The van der Waals surface area contributed by atoms with Crippen molar-refractivity contribution in [2.75, 3.05) is 13.1 Å². The van der Waals surface area contributed by atoms with Crippen LogP contribution in [-0.4, -0.2) is 24.3 Å². The number of rotatable bonds is 4. The van der Waals surface area contributed by atoms with Gasteiger partial charge in [-0.05, 0) is 6.42 Å². The van der Waals surface area contributed by atoms with E-state index < -0.39 is 0 Å². The Morgan fingerprint density at radius 1 is 1.78 bits per heavy atom. The largest absolute Gasteiger partial charge is 0.392 e. The molecule has 0 rings (SSSR count). The van der Waals surface area contributed by atoms with E-state index in [1.807, 2.05) is 13.0 Å². The van der Waals surface area contributed by atoms with Crippen LogP contribution in [0.15, 0.2) is 0 Å². The lowest BCUT2D eigenvalue weighted by atomic mass is 10.3. The predicted octanol–water partition coefficient (Wildman–Crippen LogP) is -0.130. The summed E-state index contributed by atoms with van der Waals surface area (Å²) in [5.41, 5.74) is 0. The van der Waals surface area contributed by atoms with Crippen LogP contribution in [0.1, 0.15) is 13.3 Å². The molecule has 0 aliphatic rings. The van der Waals surface area contributed by atoms with E-state index in [9.17, 15) is 0 Å². The molecule has 0 aromatic heterocycles. The van der Waals surface area contributed by atoms with Crippen LogP contribution < -0.4 is 5.32 Å². The summed E-state index contributed by atoms with van der Waals surface area (Å²) in [6.45, 7) is 2.74. The summed E-state index contributed by atoms with van der Waals surface area (Å²) in [4.78, 5) is 0. The van der Waals surface area contributed by atoms with Gasteiger partial charge in [-0.3, -0.25) is 0 Å². The average Bonchev–Trinajstić information content (AvgIpc) is 1.89. The molecule has 0 saturated carbocycles. The summed E-state index contributed by atoms with van der Waals surface area (Å²) < 4.78 is 0. The topological polar surface area (TPSA) is 56.0 Å². The van der Waals surface area contributed by atoms with Crippen LogP contribution in [0.2, 0.25) is 0 Å². The SMILES string of the molecule is CCC(O)CNCC#N. The third kappa shape index (κ3) is 5.28. The molecule has 0 saturated heterocycles. The summed E-state index contributed by atoms with van der Waals surface area (Å²) in [7, 11) is 0. The second-order valence-electron chi connectivity index (χ2n) is 1.85. The first-order valence-electron chi connectivity index (χ1n) is 3.07. The summed E-state index contributed by atoms with van der Waals surface area (Å²) in [6, 6.07) is 1.92. The first-order valence-corrected chi connectivity index (χ1v) is 3.07. The molecule has 0 aromatic rings. The van der Waals surface area contributed by atoms with Crippen LogP contribution in [0, 0.1) is 11.3 Å². The van der Waals surface area contributed by atoms with Crippen molar-refractivity contribution in [3.8, 4) is 6.07 Å². The number of nitrogens with zero attached hydrogens (tertiary/aromatic N) is 1. The number of aliphatic hydroxyl groups is 1. The van der Waals surface area contributed by atoms with Crippen molar-refractivity contribution in [3.05, 3.63) is 0 Å². The number of hydrogen-bond donors (Lipinski definition) is 2. The third-order valence-electron chi connectivity index (χ3n) is 1.06. The highest BCUT2D eigenvalue weighted by Crippen LogP contribution is 1.84. The number of hydrogen-bond acceptors (Lipinski definition) is 3. The Morgan fingerprint density at radius 2 is 2.44 bits per heavy atom. The molecule has 0 aromatic carbocycles. The van der Waals surface area contributed by atoms with E-state index in [1.165, 1.54) is 0 Å². The standard InChI is InChI=1S/C6H12N2O/c1-2-6(9)5-8-4-3-7/h6,8-9H,2,4-5H2,1H3. The molecule has 1 atom stereocenters. The Labute approximate surface area is 55.3 Å². The lowest BCUT2D eigenvalue weighted by Crippen LogP contribution is -2.26. The lowest BCUT2D eigenvalue weighted by Gasteiger charge is -2.05. The van der Waals surface area contributed by atoms with E-state index in [0.717, 1.165) is 6.42 Å². The maximum absolute atomic E-state index is 8.91. The van der Waals surface area contributed by atoms with Gasteiger partial charge in [0.25, 0.3) is 0 Å². The Balaban J connectivity index is 2.99. The second kappa shape index (κ2) is 5.54. The molecule has 3 nitrogen and oxygen atoms in total. The van der Waals surface area contributed by atoms with E-state index in [2.05, 4.69) is 5.32 Å². The highest BCUT2D eigenvalue weighted by Gasteiger charge is 1.96. The van der Waals surface area contributed by atoms with E-state index in [4.69, 9.17) is 10.4 Å². The Bertz CT molecular complexity index is 97.7. The van der Waals surface area contributed by atoms with Crippen molar-refractivity contribution in [1.29, 1.82) is 5.26 Å². The van der Waals surface area contributed by atoms with Gasteiger partial charge in [0.1, 0.15) is 0 Å². The van der Waals surface area contributed by atoms with Gasteiger partial charge in [-0.25, -0.2) is 0 Å². The number of nitriles is 1. The fraction of sp³-hybridized carbons (Fsp3) is 0.833. The van der Waals surface area contributed by atoms with Crippen LogP contribution >= 0.6 is 0 Å². The maximum Gasteiger partial charge on any atom is 0.0841 e. The van der Waals surface area contributed by atoms with Gasteiger partial charge in [0, 0.05) is 6.54 Å². The molecule has 0 aliphatic carbocycles. The van der Waals surface area contributed by atoms with Gasteiger partial charge in [0.05, 0.1) is 18.7 Å². The molecule has 0 heterocycles. The fourth-order valence-electron chi connectivity index (χ4n) is 0.439. The minimum atomic E-state index is -0.307. The van der Waals surface area contributed by atoms with Crippen LogP contribution in [0.3, 0.4) is 0 Å². The average molecular weight is 128 g/mol. The number of nitrogens with one attached hydrogen (secondary N) is 1. The highest BCUT2D eigenvalue weighted by atomic mass is 16.3. The molecule has 2 N–H and O–H groups in total. The quantitative estimate of drug-likeness (QED) is 0.409. The first kappa shape index (κ1) is 8.41. The second-order valence-corrected chi connectivity index (χ2v) is 1.85. The van der Waals surface area contributed by atoms with Crippen molar-refractivity contribution in [2.45, 2.75) is 19.4 Å². The smallest absolute Gasteiger partial charge is 0.0841 e. The monoisotopic (exact) mass is 128 g/mol. The zero-order valence-electron chi connectivity index (χ0n) is 5.59. The highest BCUT2D eigenvalue weighted by molar-refractivity contribution is 4.73. The summed E-state index contributed by atoms with van der Waals surface area (Å²) >= 11 is 0. The van der Waals surface area contributed by atoms with Gasteiger partial charge in [-0.15, -0.1) is 0 Å². The van der Waals surface area contributed by atoms with Crippen LogP contribution in [0.4, 0.5) is 0 Å². The van der Waals surface area contributed by atoms with Crippen molar-refractivity contribution < 1.29 is 5.11 Å². The van der Waals surface area contributed by atoms with Crippen molar-refractivity contribution in [3.63, 3.8) is 0 Å². The predicted molar refractivity (Wildman–Crippen MR) is 34.8 cm³/mol. The molecule has 0 spiro atoms. The molecule has 0 radical (unpaired) electrons. The van der Waals surface area contributed by atoms with Gasteiger partial charge in [-0.1, -0.05) is 6.92 Å². The zero-order chi connectivity index (χ0) is 7.11. The van der Waals surface area contributed by atoms with E-state index in [1.54, 1.807) is 0 Å². The normalized spacial score (nSPS) is 12.6. The Hall–Kier alpha value is -0.590. The molecule has 0 bridgehead atoms. The summed E-state index contributed by atoms with van der Waals surface area (Å²) in [5.74, 6) is 0. The lowest BCUT2D eigenvalue weighted by molar-refractivity contribution is 0.169. The molecule has 9 heavy (non-hydrogen) atoms. The van der Waals surface area contributed by atoms with Gasteiger partial charge in [0.2, 0.25) is 0 Å². The Morgan fingerprint density at radius 3 is 2.89 bits per heavy atom. The van der Waals surface area contributed by atoms with Crippen LogP contribution in [-0.2, 0) is 0 Å². The Kier molecular flexibility index (Phi) is 5.18. The molecule has 0 amide bonds. The first-order chi connectivity index (χ1) is 4.31. The summed E-state index contributed by atoms with van der Waals surface area (Å²) in [5, 5.41) is 19.7. The summed E-state index contributed by atoms with van der Waals surface area (Å²) in [6.07, 6.45) is 0.427. The van der Waals surface area contributed by atoms with E-state index in [-0.39, 0.29) is 6.10 Å². The van der Waals surface area contributed by atoms with Crippen molar-refractivity contribution >= 4 is 0 Å². The molecule has 0 fully saturated rings. The van der Waals surface area contributed by atoms with Gasteiger partial charge in [0.15, 0.2) is 0 Å². The van der Waals surface area contributed by atoms with Crippen LogP contribution in [0.5, 0.6) is 0 Å². The fourth-order valence-corrected chi connectivity index (χ4v) is 0.439. The molecule has 3 heteroatoms. The minimum Gasteiger partial charge on any atom is -0.392 e. The third-order valence-corrected chi connectivity index (χ3v) is 1.06. The molecule has 1 unspecified atom stereocenters. The minimum absolute atomic E-state index is 0.307. The maximum atomic E-state index is 8.91. The molecular formula is C6H12N2O. The molecule has 52 valence electrons. The van der Waals surface area contributed by atoms with E-state index in [0.29, 0.717) is 13.1 Å². The zero-order valence-corrected chi connectivity index (χ0v) is 5.59. The molecular weight excluding hydrogens is 116 g/mol. The van der Waals surface area contributed by atoms with Gasteiger partial charge in [-0.2, -0.15) is 5.26 Å².